The highest BCUT2D eigenvalue weighted by Gasteiger charge is 2.19. The van der Waals surface area contributed by atoms with E-state index >= 15 is 0 Å². The summed E-state index contributed by atoms with van der Waals surface area (Å²) in [5.41, 5.74) is 0.790. The number of anilines is 1. The summed E-state index contributed by atoms with van der Waals surface area (Å²) in [6.07, 6.45) is -0.816. The number of nitrogens with one attached hydrogen (secondary N) is 1. The van der Waals surface area contributed by atoms with Crippen LogP contribution in [0.5, 0.6) is 0 Å². The number of esters is 1. The monoisotopic (exact) mass is 448 g/mol. The zero-order valence-corrected chi connectivity index (χ0v) is 17.6. The SMILES string of the molecule is C[C@H](OC(=O)CCSc1ccccc1)C(=O)Nc1nc(-c2ccc(F)c(F)c2)cs1. The van der Waals surface area contributed by atoms with Gasteiger partial charge in [0.05, 0.1) is 12.1 Å². The van der Waals surface area contributed by atoms with E-state index in [0.717, 1.165) is 28.4 Å². The maximum absolute atomic E-state index is 13.4. The number of hydrogen-bond acceptors (Lipinski definition) is 6. The van der Waals surface area contributed by atoms with E-state index in [1.807, 2.05) is 30.3 Å². The highest BCUT2D eigenvalue weighted by Crippen LogP contribution is 2.26. The second-order valence-electron chi connectivity index (χ2n) is 6.20. The van der Waals surface area contributed by atoms with Crippen molar-refractivity contribution in [3.63, 3.8) is 0 Å². The van der Waals surface area contributed by atoms with Gasteiger partial charge in [-0.25, -0.2) is 13.8 Å². The quantitative estimate of drug-likeness (QED) is 0.382. The number of carbonyl (C=O) groups is 2. The van der Waals surface area contributed by atoms with Crippen LogP contribution in [0.15, 0.2) is 58.8 Å². The summed E-state index contributed by atoms with van der Waals surface area (Å²) in [6.45, 7) is 1.47. The molecular weight excluding hydrogens is 430 g/mol. The molecular formula is C21H18F2N2O3S2. The molecule has 3 rings (SSSR count). The Morgan fingerprint density at radius 2 is 1.93 bits per heavy atom. The molecule has 0 aliphatic heterocycles. The molecule has 0 spiro atoms. The minimum atomic E-state index is -0.991. The first-order chi connectivity index (χ1) is 14.4. The van der Waals surface area contributed by atoms with Gasteiger partial charge in [-0.2, -0.15) is 0 Å². The Labute approximate surface area is 180 Å². The van der Waals surface area contributed by atoms with Crippen LogP contribution in [-0.4, -0.2) is 28.7 Å². The number of aromatic nitrogens is 1. The molecule has 5 nitrogen and oxygen atoms in total. The summed E-state index contributed by atoms with van der Waals surface area (Å²) in [6, 6.07) is 13.1. The molecule has 0 fully saturated rings. The van der Waals surface area contributed by atoms with Gasteiger partial charge in [-0.3, -0.25) is 14.9 Å². The maximum atomic E-state index is 13.4. The van der Waals surface area contributed by atoms with E-state index in [2.05, 4.69) is 10.3 Å². The van der Waals surface area contributed by atoms with Crippen LogP contribution in [0.2, 0.25) is 0 Å². The van der Waals surface area contributed by atoms with Gasteiger partial charge in [0.15, 0.2) is 22.9 Å². The zero-order valence-electron chi connectivity index (χ0n) is 15.9. The van der Waals surface area contributed by atoms with Crippen LogP contribution in [0.3, 0.4) is 0 Å². The van der Waals surface area contributed by atoms with Gasteiger partial charge in [0, 0.05) is 21.6 Å². The maximum Gasteiger partial charge on any atom is 0.307 e. The molecule has 1 amide bonds. The highest BCUT2D eigenvalue weighted by molar-refractivity contribution is 7.99. The Kier molecular flexibility index (Phi) is 7.53. The van der Waals surface area contributed by atoms with Gasteiger partial charge in [0.1, 0.15) is 0 Å². The van der Waals surface area contributed by atoms with Gasteiger partial charge in [0.2, 0.25) is 0 Å². The van der Waals surface area contributed by atoms with Crippen molar-refractivity contribution in [2.75, 3.05) is 11.1 Å². The average molecular weight is 449 g/mol. The van der Waals surface area contributed by atoms with E-state index in [-0.39, 0.29) is 11.6 Å². The van der Waals surface area contributed by atoms with Crippen molar-refractivity contribution in [1.29, 1.82) is 0 Å². The van der Waals surface area contributed by atoms with Crippen LogP contribution >= 0.6 is 23.1 Å². The number of benzene rings is 2. The van der Waals surface area contributed by atoms with E-state index in [1.165, 1.54) is 24.8 Å². The molecule has 1 N–H and O–H groups in total. The molecule has 0 bridgehead atoms. The Hall–Kier alpha value is -2.78. The Bertz CT molecular complexity index is 1030. The van der Waals surface area contributed by atoms with Crippen LogP contribution in [-0.2, 0) is 14.3 Å². The van der Waals surface area contributed by atoms with Crippen molar-refractivity contribution in [1.82, 2.24) is 4.98 Å². The fourth-order valence-corrected chi connectivity index (χ4v) is 3.98. The van der Waals surface area contributed by atoms with Crippen LogP contribution in [0.25, 0.3) is 11.3 Å². The van der Waals surface area contributed by atoms with E-state index in [0.29, 0.717) is 17.0 Å². The number of thioether (sulfide) groups is 1. The predicted octanol–water partition coefficient (Wildman–Crippen LogP) is 5.14. The minimum absolute atomic E-state index is 0.175. The number of nitrogens with zero attached hydrogens (tertiary/aromatic N) is 1. The van der Waals surface area contributed by atoms with Crippen LogP contribution in [0, 0.1) is 11.6 Å². The first-order valence-electron chi connectivity index (χ1n) is 9.01. The molecule has 1 atom stereocenters. The summed E-state index contributed by atoms with van der Waals surface area (Å²) in [5, 5.41) is 4.44. The van der Waals surface area contributed by atoms with Gasteiger partial charge < -0.3 is 4.74 Å². The Morgan fingerprint density at radius 3 is 2.67 bits per heavy atom. The summed E-state index contributed by atoms with van der Waals surface area (Å²) in [7, 11) is 0. The lowest BCUT2D eigenvalue weighted by Gasteiger charge is -2.12. The van der Waals surface area contributed by atoms with E-state index in [1.54, 1.807) is 5.38 Å². The summed E-state index contributed by atoms with van der Waals surface area (Å²) in [5.74, 6) is -2.37. The third-order valence-corrected chi connectivity index (χ3v) is 5.72. The molecule has 30 heavy (non-hydrogen) atoms. The molecule has 0 unspecified atom stereocenters. The lowest BCUT2D eigenvalue weighted by Crippen LogP contribution is -2.30. The molecule has 0 aliphatic rings. The van der Waals surface area contributed by atoms with E-state index < -0.39 is 29.6 Å². The van der Waals surface area contributed by atoms with Gasteiger partial charge in [-0.15, -0.1) is 23.1 Å². The van der Waals surface area contributed by atoms with E-state index in [4.69, 9.17) is 4.74 Å². The topological polar surface area (TPSA) is 68.3 Å². The number of thiazole rings is 1. The van der Waals surface area contributed by atoms with Gasteiger partial charge in [-0.05, 0) is 37.3 Å². The first kappa shape index (κ1) is 21.9. The van der Waals surface area contributed by atoms with Crippen LogP contribution in [0.4, 0.5) is 13.9 Å². The number of carbonyl (C=O) groups excluding carboxylic acids is 2. The molecule has 0 saturated heterocycles. The average Bonchev–Trinajstić information content (AvgIpc) is 3.19. The van der Waals surface area contributed by atoms with Crippen molar-refractivity contribution in [2.45, 2.75) is 24.3 Å². The molecule has 1 heterocycles. The van der Waals surface area contributed by atoms with Gasteiger partial charge in [-0.1, -0.05) is 18.2 Å². The molecule has 9 heteroatoms. The number of amides is 1. The number of ether oxygens (including phenoxy) is 1. The third-order valence-electron chi connectivity index (χ3n) is 3.95. The van der Waals surface area contributed by atoms with Crippen molar-refractivity contribution < 1.29 is 23.1 Å². The normalized spacial score (nSPS) is 11.7. The fourth-order valence-electron chi connectivity index (χ4n) is 2.40. The Balaban J connectivity index is 1.47. The molecule has 0 radical (unpaired) electrons. The molecule has 156 valence electrons. The zero-order chi connectivity index (χ0) is 21.5. The predicted molar refractivity (Wildman–Crippen MR) is 113 cm³/mol. The summed E-state index contributed by atoms with van der Waals surface area (Å²) in [4.78, 5) is 29.4. The van der Waals surface area contributed by atoms with Gasteiger partial charge >= 0.3 is 5.97 Å². The number of halogens is 2. The first-order valence-corrected chi connectivity index (χ1v) is 10.9. The molecule has 3 aromatic rings. The molecule has 1 aromatic heterocycles. The minimum Gasteiger partial charge on any atom is -0.453 e. The molecule has 0 aliphatic carbocycles. The van der Waals surface area contributed by atoms with Crippen molar-refractivity contribution in [3.05, 3.63) is 65.5 Å². The van der Waals surface area contributed by atoms with Crippen molar-refractivity contribution >= 4 is 40.1 Å². The van der Waals surface area contributed by atoms with Crippen LogP contribution < -0.4 is 5.32 Å². The lowest BCUT2D eigenvalue weighted by molar-refractivity contribution is -0.152. The second-order valence-corrected chi connectivity index (χ2v) is 8.23. The lowest BCUT2D eigenvalue weighted by atomic mass is 10.2. The Morgan fingerprint density at radius 1 is 1.17 bits per heavy atom. The number of hydrogen-bond donors (Lipinski definition) is 1. The summed E-state index contributed by atoms with van der Waals surface area (Å²) >= 11 is 2.66. The largest absolute Gasteiger partial charge is 0.453 e. The third kappa shape index (κ3) is 6.11. The van der Waals surface area contributed by atoms with Crippen LogP contribution in [0.1, 0.15) is 13.3 Å². The smallest absolute Gasteiger partial charge is 0.307 e. The highest BCUT2D eigenvalue weighted by atomic mass is 32.2. The number of rotatable bonds is 8. The van der Waals surface area contributed by atoms with Crippen molar-refractivity contribution in [3.8, 4) is 11.3 Å². The van der Waals surface area contributed by atoms with Gasteiger partial charge in [0.25, 0.3) is 5.91 Å². The summed E-state index contributed by atoms with van der Waals surface area (Å²) < 4.78 is 31.6. The standard InChI is InChI=1S/C21H18F2N2O3S2/c1-13(28-19(26)9-10-29-15-5-3-2-4-6-15)20(27)25-21-24-18(12-30-21)14-7-8-16(22)17(23)11-14/h2-8,11-13H,9-10H2,1H3,(H,24,25,27)/t13-/m0/s1. The fraction of sp³-hybridized carbons (Fsp3) is 0.190. The van der Waals surface area contributed by atoms with Crippen molar-refractivity contribution in [2.24, 2.45) is 0 Å². The molecule has 0 saturated carbocycles. The van der Waals surface area contributed by atoms with E-state index in [9.17, 15) is 18.4 Å². The molecule has 2 aromatic carbocycles. The second kappa shape index (κ2) is 10.3.